The number of amides is 1. The zero-order valence-corrected chi connectivity index (χ0v) is 8.39. The lowest BCUT2D eigenvalue weighted by atomic mass is 9.76. The molecule has 3 nitrogen and oxygen atoms in total. The Labute approximate surface area is 78.2 Å². The van der Waals surface area contributed by atoms with Crippen LogP contribution in [0.1, 0.15) is 40.0 Å². The highest BCUT2D eigenvalue weighted by atomic mass is 16.1. The van der Waals surface area contributed by atoms with Crippen LogP contribution in [0.2, 0.25) is 0 Å². The number of carbonyl (C=O) groups is 2. The molecular weight excluding hydrogens is 166 g/mol. The first-order valence-electron chi connectivity index (χ1n) is 4.48. The Balaban J connectivity index is 2.80. The van der Waals surface area contributed by atoms with E-state index in [1.54, 1.807) is 0 Å². The van der Waals surface area contributed by atoms with Crippen LogP contribution < -0.4 is 0 Å². The van der Waals surface area contributed by atoms with Gasteiger partial charge in [-0.05, 0) is 11.8 Å². The molecule has 0 heterocycles. The van der Waals surface area contributed by atoms with Gasteiger partial charge in [-0.3, -0.25) is 9.59 Å². The van der Waals surface area contributed by atoms with Gasteiger partial charge in [0.15, 0.2) is 0 Å². The van der Waals surface area contributed by atoms with Crippen molar-refractivity contribution in [2.75, 3.05) is 0 Å². The molecule has 0 spiro atoms. The highest BCUT2D eigenvalue weighted by molar-refractivity contribution is 6.08. The highest BCUT2D eigenvalue weighted by Gasteiger charge is 2.30. The van der Waals surface area contributed by atoms with E-state index in [9.17, 15) is 9.59 Å². The van der Waals surface area contributed by atoms with Gasteiger partial charge in [0, 0.05) is 25.5 Å². The maximum Gasteiger partial charge on any atom is 0.242 e. The summed E-state index contributed by atoms with van der Waals surface area (Å²) in [6, 6.07) is 0. The second-order valence-electron chi connectivity index (χ2n) is 4.43. The smallest absolute Gasteiger partial charge is 0.242 e. The third-order valence-corrected chi connectivity index (χ3v) is 2.08. The van der Waals surface area contributed by atoms with Crippen molar-refractivity contribution in [3.8, 4) is 0 Å². The number of Topliss-reactive ketones (excluding diaryl/α,β-unsaturated/α-hetero) is 1. The predicted octanol–water partition coefficient (Wildman–Crippen LogP) is 1.75. The van der Waals surface area contributed by atoms with E-state index in [4.69, 9.17) is 0 Å². The lowest BCUT2D eigenvalue weighted by molar-refractivity contribution is -0.120. The molecule has 0 aromatic carbocycles. The lowest BCUT2D eigenvalue weighted by Gasteiger charge is -2.28. The number of carbonyl (C=O) groups excluding carboxylic acids is 2. The SMILES string of the molecule is CC(=O)N=C1CC(=O)CC(C)(C)C1. The van der Waals surface area contributed by atoms with Crippen LogP contribution >= 0.6 is 0 Å². The van der Waals surface area contributed by atoms with E-state index in [-0.39, 0.29) is 17.1 Å². The monoisotopic (exact) mass is 181 g/mol. The minimum atomic E-state index is -0.208. The average molecular weight is 181 g/mol. The maximum atomic E-state index is 11.3. The molecule has 0 atom stereocenters. The molecule has 13 heavy (non-hydrogen) atoms. The fourth-order valence-corrected chi connectivity index (χ4v) is 1.80. The van der Waals surface area contributed by atoms with Crippen LogP contribution in [0.15, 0.2) is 4.99 Å². The summed E-state index contributed by atoms with van der Waals surface area (Å²) >= 11 is 0. The Bertz CT molecular complexity index is 277. The van der Waals surface area contributed by atoms with Crippen molar-refractivity contribution in [1.82, 2.24) is 0 Å². The molecule has 0 N–H and O–H groups in total. The van der Waals surface area contributed by atoms with Crippen molar-refractivity contribution in [3.05, 3.63) is 0 Å². The zero-order valence-electron chi connectivity index (χ0n) is 8.39. The van der Waals surface area contributed by atoms with E-state index in [1.165, 1.54) is 6.92 Å². The van der Waals surface area contributed by atoms with Gasteiger partial charge in [-0.2, -0.15) is 0 Å². The summed E-state index contributed by atoms with van der Waals surface area (Å²) in [6.07, 6.45) is 1.73. The third-order valence-electron chi connectivity index (χ3n) is 2.08. The van der Waals surface area contributed by atoms with Gasteiger partial charge in [0.05, 0.1) is 0 Å². The van der Waals surface area contributed by atoms with Gasteiger partial charge in [-0.15, -0.1) is 0 Å². The molecule has 72 valence electrons. The normalized spacial score (nSPS) is 24.8. The van der Waals surface area contributed by atoms with Crippen LogP contribution in [-0.2, 0) is 9.59 Å². The Kier molecular flexibility index (Phi) is 2.64. The summed E-state index contributed by atoms with van der Waals surface area (Å²) in [7, 11) is 0. The number of aliphatic imine (C=N–C) groups is 1. The molecule has 1 aliphatic carbocycles. The molecule has 0 aromatic heterocycles. The first-order chi connectivity index (χ1) is 5.89. The van der Waals surface area contributed by atoms with E-state index in [0.29, 0.717) is 12.8 Å². The minimum Gasteiger partial charge on any atom is -0.299 e. The molecule has 0 radical (unpaired) electrons. The van der Waals surface area contributed by atoms with E-state index in [1.807, 2.05) is 13.8 Å². The Hall–Kier alpha value is -0.990. The van der Waals surface area contributed by atoms with Crippen molar-refractivity contribution in [1.29, 1.82) is 0 Å². The standard InChI is InChI=1S/C10H15NO2/c1-7(12)11-8-4-9(13)6-10(2,3)5-8/h4-6H2,1-3H3. The number of rotatable bonds is 0. The largest absolute Gasteiger partial charge is 0.299 e. The fraction of sp³-hybridized carbons (Fsp3) is 0.700. The van der Waals surface area contributed by atoms with Gasteiger partial charge in [0.25, 0.3) is 0 Å². The van der Waals surface area contributed by atoms with E-state index in [2.05, 4.69) is 4.99 Å². The van der Waals surface area contributed by atoms with Crippen LogP contribution in [0, 0.1) is 5.41 Å². The van der Waals surface area contributed by atoms with Gasteiger partial charge >= 0.3 is 0 Å². The fourth-order valence-electron chi connectivity index (χ4n) is 1.80. The molecule has 0 unspecified atom stereocenters. The Morgan fingerprint density at radius 1 is 1.38 bits per heavy atom. The summed E-state index contributed by atoms with van der Waals surface area (Å²) in [5, 5.41) is 0. The molecule has 1 fully saturated rings. The molecule has 0 saturated heterocycles. The molecule has 3 heteroatoms. The molecule has 1 saturated carbocycles. The molecular formula is C10H15NO2. The molecule has 0 aliphatic heterocycles. The van der Waals surface area contributed by atoms with Gasteiger partial charge < -0.3 is 0 Å². The molecule has 1 amide bonds. The highest BCUT2D eigenvalue weighted by Crippen LogP contribution is 2.31. The average Bonchev–Trinajstić information content (AvgIpc) is 1.78. The number of ketones is 1. The summed E-state index contributed by atoms with van der Waals surface area (Å²) in [5.74, 6) is -0.0169. The van der Waals surface area contributed by atoms with Crippen LogP contribution in [0.5, 0.6) is 0 Å². The van der Waals surface area contributed by atoms with Crippen molar-refractivity contribution < 1.29 is 9.59 Å². The second kappa shape index (κ2) is 3.40. The van der Waals surface area contributed by atoms with Crippen LogP contribution in [0.3, 0.4) is 0 Å². The zero-order chi connectivity index (χ0) is 10.1. The van der Waals surface area contributed by atoms with E-state index >= 15 is 0 Å². The van der Waals surface area contributed by atoms with Gasteiger partial charge in [0.2, 0.25) is 5.91 Å². The van der Waals surface area contributed by atoms with Crippen molar-refractivity contribution in [2.24, 2.45) is 10.4 Å². The first kappa shape index (κ1) is 10.1. The summed E-state index contributed by atoms with van der Waals surface area (Å²) in [5.41, 5.74) is 0.720. The number of hydrogen-bond donors (Lipinski definition) is 0. The van der Waals surface area contributed by atoms with Crippen molar-refractivity contribution in [3.63, 3.8) is 0 Å². The summed E-state index contributed by atoms with van der Waals surface area (Å²) < 4.78 is 0. The van der Waals surface area contributed by atoms with Crippen LogP contribution in [0.4, 0.5) is 0 Å². The first-order valence-corrected chi connectivity index (χ1v) is 4.48. The number of nitrogens with zero attached hydrogens (tertiary/aromatic N) is 1. The van der Waals surface area contributed by atoms with Crippen LogP contribution in [0.25, 0.3) is 0 Å². The third kappa shape index (κ3) is 3.09. The van der Waals surface area contributed by atoms with Gasteiger partial charge in [-0.1, -0.05) is 13.8 Å². The Morgan fingerprint density at radius 3 is 2.46 bits per heavy atom. The second-order valence-corrected chi connectivity index (χ2v) is 4.43. The molecule has 1 aliphatic rings. The van der Waals surface area contributed by atoms with Crippen LogP contribution in [-0.4, -0.2) is 17.4 Å². The summed E-state index contributed by atoms with van der Waals surface area (Å²) in [4.78, 5) is 25.8. The summed E-state index contributed by atoms with van der Waals surface area (Å²) in [6.45, 7) is 5.47. The van der Waals surface area contributed by atoms with Crippen molar-refractivity contribution >= 4 is 17.4 Å². The maximum absolute atomic E-state index is 11.3. The van der Waals surface area contributed by atoms with E-state index in [0.717, 1.165) is 12.1 Å². The quantitative estimate of drug-likeness (QED) is 0.571. The minimum absolute atomic E-state index is 0.0242. The predicted molar refractivity (Wildman–Crippen MR) is 50.8 cm³/mol. The molecule has 1 rings (SSSR count). The lowest BCUT2D eigenvalue weighted by Crippen LogP contribution is -2.29. The van der Waals surface area contributed by atoms with Gasteiger partial charge in [-0.25, -0.2) is 4.99 Å². The molecule has 0 aromatic rings. The van der Waals surface area contributed by atoms with Gasteiger partial charge in [0.1, 0.15) is 5.78 Å². The molecule has 0 bridgehead atoms. The van der Waals surface area contributed by atoms with E-state index < -0.39 is 0 Å². The topological polar surface area (TPSA) is 46.5 Å². The number of hydrogen-bond acceptors (Lipinski definition) is 2. The van der Waals surface area contributed by atoms with Crippen molar-refractivity contribution in [2.45, 2.75) is 40.0 Å². The Morgan fingerprint density at radius 2 is 2.00 bits per heavy atom.